The number of hydrogen-bond donors (Lipinski definition) is 3. The third-order valence-electron chi connectivity index (χ3n) is 5.56. The highest BCUT2D eigenvalue weighted by molar-refractivity contribution is 8.00. The third-order valence-corrected chi connectivity index (χ3v) is 7.05. The number of nitrogens with zero attached hydrogens (tertiary/aromatic N) is 3. The molecular weight excluding hydrogens is 412 g/mol. The minimum atomic E-state index is -0.673. The lowest BCUT2D eigenvalue weighted by Gasteiger charge is -2.23. The molecule has 0 unspecified atom stereocenters. The van der Waals surface area contributed by atoms with Crippen LogP contribution < -0.4 is 10.2 Å². The Kier molecular flexibility index (Phi) is 7.01. The number of likely N-dealkylation sites (N-methyl/N-ethyl adjacent to an activating group) is 1. The zero-order valence-electron chi connectivity index (χ0n) is 17.1. The number of urea groups is 1. The summed E-state index contributed by atoms with van der Waals surface area (Å²) >= 11 is 1.88. The van der Waals surface area contributed by atoms with E-state index in [0.717, 1.165) is 25.0 Å². The number of aromatic hydroxyl groups is 2. The lowest BCUT2D eigenvalue weighted by Crippen LogP contribution is -2.38. The topological polar surface area (TPSA) is 124 Å². The van der Waals surface area contributed by atoms with Crippen molar-refractivity contribution in [2.75, 3.05) is 26.4 Å². The van der Waals surface area contributed by atoms with E-state index in [-0.39, 0.29) is 48.7 Å². The van der Waals surface area contributed by atoms with Crippen LogP contribution in [0.2, 0.25) is 0 Å². The molecule has 0 aliphatic carbocycles. The fraction of sp³-hybridized carbons (Fsp3) is 0.632. The van der Waals surface area contributed by atoms with Crippen molar-refractivity contribution < 1.29 is 29.4 Å². The molecule has 3 rings (SSSR count). The van der Waals surface area contributed by atoms with E-state index in [0.29, 0.717) is 16.4 Å². The Hall–Kier alpha value is -2.56. The van der Waals surface area contributed by atoms with Crippen molar-refractivity contribution in [2.24, 2.45) is 0 Å². The summed E-state index contributed by atoms with van der Waals surface area (Å²) in [5.74, 6) is -0.571. The summed E-state index contributed by atoms with van der Waals surface area (Å²) in [7, 11) is 3.46. The van der Waals surface area contributed by atoms with Crippen LogP contribution in [0.25, 0.3) is 0 Å². The smallest absolute Gasteiger partial charge is 0.335 e. The van der Waals surface area contributed by atoms with Crippen molar-refractivity contribution >= 4 is 29.7 Å². The summed E-state index contributed by atoms with van der Waals surface area (Å²) in [5, 5.41) is 22.3. The molecule has 0 radical (unpaired) electrons. The number of fused-ring (bicyclic) bond motifs is 1. The third kappa shape index (κ3) is 4.94. The van der Waals surface area contributed by atoms with Crippen molar-refractivity contribution in [1.29, 1.82) is 0 Å². The normalized spacial score (nSPS) is 22.7. The second-order valence-corrected chi connectivity index (χ2v) is 8.92. The van der Waals surface area contributed by atoms with Crippen molar-refractivity contribution in [1.82, 2.24) is 19.8 Å². The highest BCUT2D eigenvalue weighted by atomic mass is 32.2. The Morgan fingerprint density at radius 1 is 1.27 bits per heavy atom. The molecule has 1 aromatic heterocycles. The van der Waals surface area contributed by atoms with E-state index in [4.69, 9.17) is 4.84 Å². The van der Waals surface area contributed by atoms with Crippen LogP contribution in [0.4, 0.5) is 4.79 Å². The second-order valence-electron chi connectivity index (χ2n) is 7.65. The zero-order chi connectivity index (χ0) is 21.8. The number of rotatable bonds is 9. The monoisotopic (exact) mass is 440 g/mol. The fourth-order valence-corrected chi connectivity index (χ4v) is 5.46. The Labute approximate surface area is 179 Å². The van der Waals surface area contributed by atoms with Crippen LogP contribution in [-0.4, -0.2) is 86.4 Å². The fourth-order valence-electron chi connectivity index (χ4n) is 3.82. The second kappa shape index (κ2) is 9.50. The number of aromatic nitrogens is 1. The highest BCUT2D eigenvalue weighted by Crippen LogP contribution is 2.36. The molecule has 11 heteroatoms. The van der Waals surface area contributed by atoms with Gasteiger partial charge in [-0.05, 0) is 12.8 Å². The number of nitrogens with one attached hydrogen (secondary N) is 1. The predicted molar refractivity (Wildman–Crippen MR) is 110 cm³/mol. The van der Waals surface area contributed by atoms with Crippen LogP contribution in [0.1, 0.15) is 32.1 Å². The summed E-state index contributed by atoms with van der Waals surface area (Å²) in [6.45, 7) is 0.182. The maximum absolute atomic E-state index is 12.3. The molecule has 0 aromatic carbocycles. The molecule has 2 fully saturated rings. The summed E-state index contributed by atoms with van der Waals surface area (Å²) in [6.07, 6.45) is 2.94. The Morgan fingerprint density at radius 2 is 1.97 bits per heavy atom. The minimum absolute atomic E-state index is 0.00664. The molecule has 3 atom stereocenters. The van der Waals surface area contributed by atoms with Gasteiger partial charge in [0.1, 0.15) is 0 Å². The quantitative estimate of drug-likeness (QED) is 0.383. The number of amides is 3. The van der Waals surface area contributed by atoms with E-state index in [9.17, 15) is 24.6 Å². The number of thioether (sulfide) groups is 1. The van der Waals surface area contributed by atoms with E-state index >= 15 is 0 Å². The van der Waals surface area contributed by atoms with E-state index in [1.807, 2.05) is 18.8 Å². The van der Waals surface area contributed by atoms with Gasteiger partial charge in [0.25, 0.3) is 0 Å². The molecule has 3 heterocycles. The molecule has 1 aromatic rings. The van der Waals surface area contributed by atoms with Crippen molar-refractivity contribution in [3.05, 3.63) is 12.1 Å². The zero-order valence-corrected chi connectivity index (χ0v) is 17.9. The van der Waals surface area contributed by atoms with Gasteiger partial charge in [0.15, 0.2) is 0 Å². The molecule has 3 N–H and O–H groups in total. The van der Waals surface area contributed by atoms with E-state index < -0.39 is 5.97 Å². The lowest BCUT2D eigenvalue weighted by molar-refractivity contribution is -0.146. The first kappa shape index (κ1) is 22.1. The summed E-state index contributed by atoms with van der Waals surface area (Å²) < 4.78 is 0.626. The first-order valence-corrected chi connectivity index (χ1v) is 11.0. The molecule has 2 aliphatic rings. The van der Waals surface area contributed by atoms with Gasteiger partial charge in [0.2, 0.25) is 17.7 Å². The van der Waals surface area contributed by atoms with Gasteiger partial charge in [0.05, 0.1) is 18.5 Å². The summed E-state index contributed by atoms with van der Waals surface area (Å²) in [6, 6.07) is 2.84. The maximum Gasteiger partial charge on any atom is 0.335 e. The van der Waals surface area contributed by atoms with E-state index in [2.05, 4.69) is 5.32 Å². The average Bonchev–Trinajstić information content (AvgIpc) is 3.34. The summed E-state index contributed by atoms with van der Waals surface area (Å²) in [4.78, 5) is 44.0. The van der Waals surface area contributed by atoms with Crippen LogP contribution in [0.3, 0.4) is 0 Å². The molecule has 10 nitrogen and oxygen atoms in total. The van der Waals surface area contributed by atoms with Crippen LogP contribution in [0.15, 0.2) is 12.1 Å². The van der Waals surface area contributed by atoms with Gasteiger partial charge in [-0.2, -0.15) is 11.8 Å². The van der Waals surface area contributed by atoms with Crippen molar-refractivity contribution in [2.45, 2.75) is 49.4 Å². The van der Waals surface area contributed by atoms with Gasteiger partial charge in [-0.1, -0.05) is 6.42 Å². The van der Waals surface area contributed by atoms with Crippen LogP contribution in [0, 0.1) is 0 Å². The molecule has 166 valence electrons. The molecule has 0 spiro atoms. The van der Waals surface area contributed by atoms with E-state index in [1.165, 1.54) is 17.0 Å². The highest BCUT2D eigenvalue weighted by Gasteiger charge is 2.46. The molecule has 0 saturated carbocycles. The van der Waals surface area contributed by atoms with Gasteiger partial charge < -0.3 is 30.2 Å². The molecule has 3 amide bonds. The standard InChI is InChI=1S/C19H28N4O6S/c1-21(10-9-17(27)29-23-15(25)7-8-16(23)26)14(24)6-4-3-5-13-18-12(11-30-13)20-19(28)22(18)2/h7-8,12-13,18,25-26H,3-6,9-11H2,1-2H3,(H,20,28)/t12-,13-,18-/m0/s1. The molecule has 0 bridgehead atoms. The average molecular weight is 441 g/mol. The first-order valence-electron chi connectivity index (χ1n) is 9.97. The Balaban J connectivity index is 1.32. The maximum atomic E-state index is 12.3. The first-order chi connectivity index (χ1) is 14.3. The van der Waals surface area contributed by atoms with Crippen LogP contribution >= 0.6 is 11.8 Å². The SMILES string of the molecule is CN(CCC(=O)On1c(O)ccc1O)C(=O)CCCC[C@@H]1SC[C@@H]2NC(=O)N(C)[C@@H]21. The van der Waals surface area contributed by atoms with Gasteiger partial charge in [-0.25, -0.2) is 9.59 Å². The van der Waals surface area contributed by atoms with Crippen LogP contribution in [0.5, 0.6) is 11.8 Å². The Morgan fingerprint density at radius 3 is 2.67 bits per heavy atom. The van der Waals surface area contributed by atoms with Gasteiger partial charge in [0, 0.05) is 50.2 Å². The lowest BCUT2D eigenvalue weighted by atomic mass is 10.0. The number of carbonyl (C=O) groups is 3. The number of hydrogen-bond acceptors (Lipinski definition) is 7. The van der Waals surface area contributed by atoms with Crippen molar-refractivity contribution in [3.8, 4) is 11.8 Å². The minimum Gasteiger partial charge on any atom is -0.492 e. The van der Waals surface area contributed by atoms with Gasteiger partial charge >= 0.3 is 12.0 Å². The van der Waals surface area contributed by atoms with E-state index in [1.54, 1.807) is 11.9 Å². The molecule has 2 aliphatic heterocycles. The predicted octanol–water partition coefficient (Wildman–Crippen LogP) is 0.771. The van der Waals surface area contributed by atoms with Gasteiger partial charge in [-0.15, -0.1) is 4.73 Å². The summed E-state index contributed by atoms with van der Waals surface area (Å²) in [5.41, 5.74) is 0. The number of unbranched alkanes of at least 4 members (excludes halogenated alkanes) is 1. The van der Waals surface area contributed by atoms with Gasteiger partial charge in [-0.3, -0.25) is 4.79 Å². The molecule has 2 saturated heterocycles. The largest absolute Gasteiger partial charge is 0.492 e. The van der Waals surface area contributed by atoms with Crippen molar-refractivity contribution in [3.63, 3.8) is 0 Å². The molecule has 30 heavy (non-hydrogen) atoms. The Bertz CT molecular complexity index is 780. The molecular formula is C19H28N4O6S. The number of carbonyl (C=O) groups excluding carboxylic acids is 3. The van der Waals surface area contributed by atoms with Crippen LogP contribution in [-0.2, 0) is 9.59 Å².